The van der Waals surface area contributed by atoms with Gasteiger partial charge in [-0.1, -0.05) is 6.92 Å². The Hall–Kier alpha value is -0.840. The molecule has 0 N–H and O–H groups in total. The molecule has 0 saturated heterocycles. The van der Waals surface area contributed by atoms with Crippen molar-refractivity contribution < 1.29 is 4.79 Å². The molecule has 1 fully saturated rings. The second kappa shape index (κ2) is 2.65. The van der Waals surface area contributed by atoms with Crippen molar-refractivity contribution in [2.45, 2.75) is 33.1 Å². The lowest BCUT2D eigenvalue weighted by Gasteiger charge is -2.29. The van der Waals surface area contributed by atoms with Gasteiger partial charge in [0.15, 0.2) is 0 Å². The van der Waals surface area contributed by atoms with Crippen LogP contribution in [-0.4, -0.2) is 5.78 Å². The normalized spacial score (nSPS) is 38.3. The first-order valence-electron chi connectivity index (χ1n) is 4.01. The molecule has 0 bridgehead atoms. The molecule has 2 atom stereocenters. The summed E-state index contributed by atoms with van der Waals surface area (Å²) in [5.41, 5.74) is -0.243. The molecule has 0 aromatic rings. The monoisotopic (exact) mass is 151 g/mol. The number of rotatable bonds is 0. The SMILES string of the molecule is CC1CC(C)(C#N)CCC1=O. The molecule has 1 aliphatic rings. The fourth-order valence-electron chi connectivity index (χ4n) is 1.64. The summed E-state index contributed by atoms with van der Waals surface area (Å²) >= 11 is 0. The number of hydrogen-bond donors (Lipinski definition) is 0. The average Bonchev–Trinajstić information content (AvgIpc) is 1.98. The third-order valence-electron chi connectivity index (χ3n) is 2.50. The van der Waals surface area contributed by atoms with Crippen molar-refractivity contribution in [1.82, 2.24) is 0 Å². The van der Waals surface area contributed by atoms with E-state index in [4.69, 9.17) is 5.26 Å². The van der Waals surface area contributed by atoms with Crippen molar-refractivity contribution in [3.05, 3.63) is 0 Å². The Morgan fingerprint density at radius 1 is 1.73 bits per heavy atom. The second-order valence-corrected chi connectivity index (χ2v) is 3.74. The van der Waals surface area contributed by atoms with E-state index in [2.05, 4.69) is 6.07 Å². The zero-order valence-corrected chi connectivity index (χ0v) is 7.05. The van der Waals surface area contributed by atoms with E-state index in [9.17, 15) is 4.79 Å². The average molecular weight is 151 g/mol. The Balaban J connectivity index is 2.68. The Labute approximate surface area is 67.2 Å². The van der Waals surface area contributed by atoms with E-state index in [1.54, 1.807) is 0 Å². The van der Waals surface area contributed by atoms with Gasteiger partial charge in [0.25, 0.3) is 0 Å². The quantitative estimate of drug-likeness (QED) is 0.530. The summed E-state index contributed by atoms with van der Waals surface area (Å²) < 4.78 is 0. The van der Waals surface area contributed by atoms with E-state index in [1.165, 1.54) is 0 Å². The fourth-order valence-corrected chi connectivity index (χ4v) is 1.64. The van der Waals surface area contributed by atoms with Crippen LogP contribution in [0.3, 0.4) is 0 Å². The zero-order chi connectivity index (χ0) is 8.48. The van der Waals surface area contributed by atoms with Gasteiger partial charge in [0.2, 0.25) is 0 Å². The molecule has 0 amide bonds. The molecule has 0 spiro atoms. The van der Waals surface area contributed by atoms with Crippen molar-refractivity contribution in [3.63, 3.8) is 0 Å². The molecule has 0 radical (unpaired) electrons. The Morgan fingerprint density at radius 3 is 2.82 bits per heavy atom. The maximum absolute atomic E-state index is 11.1. The molecule has 2 nitrogen and oxygen atoms in total. The van der Waals surface area contributed by atoms with Gasteiger partial charge < -0.3 is 0 Å². The number of carbonyl (C=O) groups excluding carboxylic acids is 1. The van der Waals surface area contributed by atoms with Gasteiger partial charge in [0, 0.05) is 12.3 Å². The van der Waals surface area contributed by atoms with Crippen LogP contribution in [0, 0.1) is 22.7 Å². The molecule has 0 aliphatic heterocycles. The smallest absolute Gasteiger partial charge is 0.135 e. The Morgan fingerprint density at radius 2 is 2.36 bits per heavy atom. The summed E-state index contributed by atoms with van der Waals surface area (Å²) in [6, 6.07) is 2.28. The lowest BCUT2D eigenvalue weighted by Crippen LogP contribution is -2.29. The number of ketones is 1. The van der Waals surface area contributed by atoms with Gasteiger partial charge in [-0.2, -0.15) is 5.26 Å². The summed E-state index contributed by atoms with van der Waals surface area (Å²) in [5.74, 6) is 0.408. The minimum atomic E-state index is -0.243. The van der Waals surface area contributed by atoms with Gasteiger partial charge in [-0.3, -0.25) is 4.79 Å². The predicted molar refractivity (Wildman–Crippen MR) is 41.7 cm³/mol. The fraction of sp³-hybridized carbons (Fsp3) is 0.778. The van der Waals surface area contributed by atoms with Crippen molar-refractivity contribution in [2.75, 3.05) is 0 Å². The van der Waals surface area contributed by atoms with E-state index in [1.807, 2.05) is 13.8 Å². The van der Waals surface area contributed by atoms with Gasteiger partial charge in [-0.25, -0.2) is 0 Å². The van der Waals surface area contributed by atoms with E-state index < -0.39 is 0 Å². The van der Waals surface area contributed by atoms with Gasteiger partial charge in [0.1, 0.15) is 5.78 Å². The first-order valence-corrected chi connectivity index (χ1v) is 4.01. The molecule has 1 saturated carbocycles. The predicted octanol–water partition coefficient (Wildman–Crippen LogP) is 1.91. The van der Waals surface area contributed by atoms with Crippen LogP contribution in [0.15, 0.2) is 0 Å². The Bertz CT molecular complexity index is 216. The van der Waals surface area contributed by atoms with E-state index in [0.29, 0.717) is 12.2 Å². The molecule has 11 heavy (non-hydrogen) atoms. The van der Waals surface area contributed by atoms with Crippen molar-refractivity contribution in [3.8, 4) is 6.07 Å². The molecule has 2 unspecified atom stereocenters. The van der Waals surface area contributed by atoms with Crippen LogP contribution in [0.25, 0.3) is 0 Å². The maximum Gasteiger partial charge on any atom is 0.135 e. The standard InChI is InChI=1S/C9H13NO/c1-7-5-9(2,6-10)4-3-8(7)11/h7H,3-5H2,1-2H3. The van der Waals surface area contributed by atoms with Crippen LogP contribution in [0.4, 0.5) is 0 Å². The number of carbonyl (C=O) groups is 1. The minimum absolute atomic E-state index is 0.0911. The van der Waals surface area contributed by atoms with Crippen LogP contribution in [0.5, 0.6) is 0 Å². The van der Waals surface area contributed by atoms with Crippen LogP contribution in [0.1, 0.15) is 33.1 Å². The van der Waals surface area contributed by atoms with Gasteiger partial charge in [0.05, 0.1) is 11.5 Å². The summed E-state index contributed by atoms with van der Waals surface area (Å²) in [6.45, 7) is 3.85. The number of nitriles is 1. The van der Waals surface area contributed by atoms with Crippen LogP contribution in [-0.2, 0) is 4.79 Å². The highest BCUT2D eigenvalue weighted by atomic mass is 16.1. The summed E-state index contributed by atoms with van der Waals surface area (Å²) in [6.07, 6.45) is 2.07. The lowest BCUT2D eigenvalue weighted by molar-refractivity contribution is -0.125. The van der Waals surface area contributed by atoms with Crippen molar-refractivity contribution >= 4 is 5.78 Å². The summed E-state index contributed by atoms with van der Waals surface area (Å²) in [5, 5.41) is 8.79. The highest BCUT2D eigenvalue weighted by Crippen LogP contribution is 2.36. The zero-order valence-electron chi connectivity index (χ0n) is 7.05. The van der Waals surface area contributed by atoms with Gasteiger partial charge in [-0.15, -0.1) is 0 Å². The first-order chi connectivity index (χ1) is 5.07. The van der Waals surface area contributed by atoms with Crippen LogP contribution >= 0.6 is 0 Å². The summed E-state index contributed by atoms with van der Waals surface area (Å²) in [4.78, 5) is 11.1. The van der Waals surface area contributed by atoms with Crippen LogP contribution in [0.2, 0.25) is 0 Å². The third kappa shape index (κ3) is 1.59. The second-order valence-electron chi connectivity index (χ2n) is 3.74. The van der Waals surface area contributed by atoms with Gasteiger partial charge in [-0.05, 0) is 19.8 Å². The molecular formula is C9H13NO. The van der Waals surface area contributed by atoms with Crippen LogP contribution < -0.4 is 0 Å². The first kappa shape index (κ1) is 8.26. The summed E-state index contributed by atoms with van der Waals surface area (Å²) in [7, 11) is 0. The van der Waals surface area contributed by atoms with E-state index in [-0.39, 0.29) is 11.3 Å². The van der Waals surface area contributed by atoms with E-state index in [0.717, 1.165) is 12.8 Å². The number of nitrogens with zero attached hydrogens (tertiary/aromatic N) is 1. The molecule has 2 heteroatoms. The van der Waals surface area contributed by atoms with Crippen molar-refractivity contribution in [1.29, 1.82) is 5.26 Å². The largest absolute Gasteiger partial charge is 0.299 e. The molecule has 0 aromatic carbocycles. The molecule has 1 aliphatic carbocycles. The number of hydrogen-bond acceptors (Lipinski definition) is 2. The molecule has 60 valence electrons. The van der Waals surface area contributed by atoms with Gasteiger partial charge >= 0.3 is 0 Å². The lowest BCUT2D eigenvalue weighted by atomic mass is 9.72. The molecule has 1 rings (SSSR count). The third-order valence-corrected chi connectivity index (χ3v) is 2.50. The molecule has 0 heterocycles. The van der Waals surface area contributed by atoms with E-state index >= 15 is 0 Å². The maximum atomic E-state index is 11.1. The minimum Gasteiger partial charge on any atom is -0.299 e. The number of Topliss-reactive ketones (excluding diaryl/α,β-unsaturated/α-hetero) is 1. The van der Waals surface area contributed by atoms with Crippen molar-refractivity contribution in [2.24, 2.45) is 11.3 Å². The highest BCUT2D eigenvalue weighted by Gasteiger charge is 2.34. The molecule has 0 aromatic heterocycles. The molecular weight excluding hydrogens is 138 g/mol. The highest BCUT2D eigenvalue weighted by molar-refractivity contribution is 5.81. The Kier molecular flexibility index (Phi) is 1.99. The topological polar surface area (TPSA) is 40.9 Å².